The van der Waals surface area contributed by atoms with Crippen LogP contribution in [0.4, 0.5) is 11.4 Å². The standard InChI is InChI=1S/C15H15BrN2O3/c1-20-14-8-11(4-7-13(14)16)18-15(19)9-21-12-5-2-10(17)3-6-12/h2-8H,9,17H2,1H3,(H,18,19). The second-order valence-electron chi connectivity index (χ2n) is 4.26. The minimum Gasteiger partial charge on any atom is -0.495 e. The molecule has 21 heavy (non-hydrogen) atoms. The second-order valence-corrected chi connectivity index (χ2v) is 5.11. The summed E-state index contributed by atoms with van der Waals surface area (Å²) in [6.45, 7) is -0.0811. The Morgan fingerprint density at radius 3 is 2.62 bits per heavy atom. The van der Waals surface area contributed by atoms with E-state index >= 15 is 0 Å². The van der Waals surface area contributed by atoms with Crippen molar-refractivity contribution in [3.05, 3.63) is 46.9 Å². The molecule has 0 unspecified atom stereocenters. The van der Waals surface area contributed by atoms with Crippen LogP contribution in [0.3, 0.4) is 0 Å². The van der Waals surface area contributed by atoms with Gasteiger partial charge in [0.2, 0.25) is 0 Å². The van der Waals surface area contributed by atoms with Crippen molar-refractivity contribution >= 4 is 33.2 Å². The second kappa shape index (κ2) is 6.99. The minimum atomic E-state index is -0.254. The zero-order valence-corrected chi connectivity index (χ0v) is 13.0. The third-order valence-corrected chi connectivity index (χ3v) is 3.34. The van der Waals surface area contributed by atoms with Gasteiger partial charge in [-0.1, -0.05) is 0 Å². The lowest BCUT2D eigenvalue weighted by molar-refractivity contribution is -0.118. The Morgan fingerprint density at radius 2 is 1.95 bits per heavy atom. The fraction of sp³-hybridized carbons (Fsp3) is 0.133. The Balaban J connectivity index is 1.91. The number of hydrogen-bond acceptors (Lipinski definition) is 4. The summed E-state index contributed by atoms with van der Waals surface area (Å²) < 4.78 is 11.4. The maximum atomic E-state index is 11.8. The van der Waals surface area contributed by atoms with E-state index in [1.165, 1.54) is 0 Å². The highest BCUT2D eigenvalue weighted by Gasteiger charge is 2.06. The lowest BCUT2D eigenvalue weighted by Crippen LogP contribution is -2.20. The lowest BCUT2D eigenvalue weighted by atomic mass is 10.3. The van der Waals surface area contributed by atoms with Crippen LogP contribution >= 0.6 is 15.9 Å². The van der Waals surface area contributed by atoms with Crippen molar-refractivity contribution in [2.75, 3.05) is 24.8 Å². The lowest BCUT2D eigenvalue weighted by Gasteiger charge is -2.09. The van der Waals surface area contributed by atoms with Crippen molar-refractivity contribution in [1.82, 2.24) is 0 Å². The maximum absolute atomic E-state index is 11.8. The van der Waals surface area contributed by atoms with E-state index in [9.17, 15) is 4.79 Å². The van der Waals surface area contributed by atoms with Gasteiger partial charge in [0.15, 0.2) is 6.61 Å². The first kappa shape index (κ1) is 15.2. The molecule has 2 rings (SSSR count). The van der Waals surface area contributed by atoms with E-state index in [-0.39, 0.29) is 12.5 Å². The van der Waals surface area contributed by atoms with Gasteiger partial charge < -0.3 is 20.5 Å². The van der Waals surface area contributed by atoms with Gasteiger partial charge in [-0.3, -0.25) is 4.79 Å². The van der Waals surface area contributed by atoms with Gasteiger partial charge in [-0.25, -0.2) is 0 Å². The smallest absolute Gasteiger partial charge is 0.262 e. The minimum absolute atomic E-state index is 0.0811. The molecular weight excluding hydrogens is 336 g/mol. The number of nitrogens with two attached hydrogens (primary N) is 1. The number of anilines is 2. The molecule has 0 radical (unpaired) electrons. The average Bonchev–Trinajstić information content (AvgIpc) is 2.48. The molecule has 6 heteroatoms. The van der Waals surface area contributed by atoms with Crippen LogP contribution in [0, 0.1) is 0 Å². The molecule has 0 saturated heterocycles. The van der Waals surface area contributed by atoms with Gasteiger partial charge in [0, 0.05) is 17.4 Å². The quantitative estimate of drug-likeness (QED) is 0.812. The summed E-state index contributed by atoms with van der Waals surface area (Å²) in [4.78, 5) is 11.8. The number of rotatable bonds is 5. The Kier molecular flexibility index (Phi) is 5.05. The highest BCUT2D eigenvalue weighted by Crippen LogP contribution is 2.27. The Morgan fingerprint density at radius 1 is 1.24 bits per heavy atom. The molecule has 0 saturated carbocycles. The topological polar surface area (TPSA) is 73.6 Å². The number of ether oxygens (including phenoxy) is 2. The number of nitrogen functional groups attached to an aromatic ring is 1. The Hall–Kier alpha value is -2.21. The number of halogens is 1. The molecule has 0 aliphatic rings. The summed E-state index contributed by atoms with van der Waals surface area (Å²) in [5, 5.41) is 2.74. The SMILES string of the molecule is COc1cc(NC(=O)COc2ccc(N)cc2)ccc1Br. The number of methoxy groups -OCH3 is 1. The molecule has 0 spiro atoms. The summed E-state index contributed by atoms with van der Waals surface area (Å²) in [5.41, 5.74) is 6.86. The molecule has 0 aromatic heterocycles. The Bertz CT molecular complexity index is 629. The van der Waals surface area contributed by atoms with Crippen LogP contribution in [0.1, 0.15) is 0 Å². The third-order valence-electron chi connectivity index (χ3n) is 2.68. The third kappa shape index (κ3) is 4.39. The normalized spacial score (nSPS) is 10.0. The van der Waals surface area contributed by atoms with Gasteiger partial charge >= 0.3 is 0 Å². The highest BCUT2D eigenvalue weighted by molar-refractivity contribution is 9.10. The zero-order chi connectivity index (χ0) is 15.2. The number of hydrogen-bond donors (Lipinski definition) is 2. The molecule has 0 heterocycles. The summed E-state index contributed by atoms with van der Waals surface area (Å²) >= 11 is 3.35. The van der Waals surface area contributed by atoms with E-state index in [1.807, 2.05) is 0 Å². The molecule has 3 N–H and O–H groups in total. The van der Waals surface area contributed by atoms with E-state index in [0.29, 0.717) is 22.9 Å². The van der Waals surface area contributed by atoms with Gasteiger partial charge in [0.05, 0.1) is 11.6 Å². The zero-order valence-electron chi connectivity index (χ0n) is 11.4. The van der Waals surface area contributed by atoms with Crippen LogP contribution in [0.2, 0.25) is 0 Å². The van der Waals surface area contributed by atoms with Crippen LogP contribution in [0.15, 0.2) is 46.9 Å². The number of amides is 1. The predicted octanol–water partition coefficient (Wildman–Crippen LogP) is 3.06. The van der Waals surface area contributed by atoms with Crippen molar-refractivity contribution in [2.45, 2.75) is 0 Å². The van der Waals surface area contributed by atoms with E-state index in [0.717, 1.165) is 4.47 Å². The number of nitrogens with one attached hydrogen (secondary N) is 1. The van der Waals surface area contributed by atoms with Gasteiger partial charge in [-0.05, 0) is 52.3 Å². The summed E-state index contributed by atoms with van der Waals surface area (Å²) in [6.07, 6.45) is 0. The first-order valence-corrected chi connectivity index (χ1v) is 6.99. The molecule has 0 bridgehead atoms. The van der Waals surface area contributed by atoms with Crippen molar-refractivity contribution in [3.63, 3.8) is 0 Å². The summed E-state index contributed by atoms with van der Waals surface area (Å²) in [6, 6.07) is 12.2. The Labute approximate surface area is 131 Å². The van der Waals surface area contributed by atoms with Gasteiger partial charge in [-0.2, -0.15) is 0 Å². The molecule has 1 amide bonds. The first-order chi connectivity index (χ1) is 10.1. The summed E-state index contributed by atoms with van der Waals surface area (Å²) in [7, 11) is 1.57. The van der Waals surface area contributed by atoms with Gasteiger partial charge in [-0.15, -0.1) is 0 Å². The largest absolute Gasteiger partial charge is 0.495 e. The van der Waals surface area contributed by atoms with Crippen LogP contribution in [-0.4, -0.2) is 19.6 Å². The number of carbonyl (C=O) groups excluding carboxylic acids is 1. The molecule has 2 aromatic rings. The molecular formula is C15H15BrN2O3. The average molecular weight is 351 g/mol. The molecule has 0 aliphatic carbocycles. The molecule has 0 atom stereocenters. The van der Waals surface area contributed by atoms with Crippen molar-refractivity contribution < 1.29 is 14.3 Å². The van der Waals surface area contributed by atoms with Crippen LogP contribution in [0.5, 0.6) is 11.5 Å². The highest BCUT2D eigenvalue weighted by atomic mass is 79.9. The summed E-state index contributed by atoms with van der Waals surface area (Å²) in [5.74, 6) is 0.983. The van der Waals surface area contributed by atoms with Gasteiger partial charge in [0.1, 0.15) is 11.5 Å². The molecule has 110 valence electrons. The molecule has 2 aromatic carbocycles. The molecule has 5 nitrogen and oxygen atoms in total. The van der Waals surface area contributed by atoms with Gasteiger partial charge in [0.25, 0.3) is 5.91 Å². The number of carbonyl (C=O) groups is 1. The van der Waals surface area contributed by atoms with Crippen LogP contribution in [-0.2, 0) is 4.79 Å². The monoisotopic (exact) mass is 350 g/mol. The number of benzene rings is 2. The molecule has 0 aliphatic heterocycles. The van der Waals surface area contributed by atoms with Crippen LogP contribution < -0.4 is 20.5 Å². The van der Waals surface area contributed by atoms with Crippen LogP contribution in [0.25, 0.3) is 0 Å². The first-order valence-electron chi connectivity index (χ1n) is 6.20. The van der Waals surface area contributed by atoms with E-state index in [2.05, 4.69) is 21.2 Å². The van der Waals surface area contributed by atoms with E-state index in [1.54, 1.807) is 49.6 Å². The fourth-order valence-corrected chi connectivity index (χ4v) is 2.06. The van der Waals surface area contributed by atoms with Crippen molar-refractivity contribution in [2.24, 2.45) is 0 Å². The predicted molar refractivity (Wildman–Crippen MR) is 85.7 cm³/mol. The molecule has 0 fully saturated rings. The van der Waals surface area contributed by atoms with E-state index in [4.69, 9.17) is 15.2 Å². The van der Waals surface area contributed by atoms with Crippen molar-refractivity contribution in [3.8, 4) is 11.5 Å². The fourth-order valence-electron chi connectivity index (χ4n) is 1.65. The van der Waals surface area contributed by atoms with E-state index < -0.39 is 0 Å². The maximum Gasteiger partial charge on any atom is 0.262 e. The van der Waals surface area contributed by atoms with Crippen molar-refractivity contribution in [1.29, 1.82) is 0 Å².